The Morgan fingerprint density at radius 1 is 1.47 bits per heavy atom. The van der Waals surface area contributed by atoms with Gasteiger partial charge in [-0.05, 0) is 31.0 Å². The van der Waals surface area contributed by atoms with Crippen LogP contribution in [-0.4, -0.2) is 12.1 Å². The normalized spacial score (nSPS) is 14.9. The molecule has 0 aliphatic rings. The minimum absolute atomic E-state index is 0.234. The van der Waals surface area contributed by atoms with Crippen LogP contribution in [-0.2, 0) is 11.3 Å². The lowest BCUT2D eigenvalue weighted by Gasteiger charge is -2.26. The number of rotatable bonds is 5. The van der Waals surface area contributed by atoms with Crippen LogP contribution in [0.4, 0.5) is 0 Å². The summed E-state index contributed by atoms with van der Waals surface area (Å²) in [6.45, 7) is 5.19. The molecule has 0 aliphatic carbocycles. The van der Waals surface area contributed by atoms with Crippen molar-refractivity contribution in [3.8, 4) is 0 Å². The van der Waals surface area contributed by atoms with E-state index in [1.54, 1.807) is 0 Å². The van der Waals surface area contributed by atoms with Crippen molar-refractivity contribution in [2.24, 2.45) is 5.73 Å². The molecule has 0 saturated heterocycles. The van der Waals surface area contributed by atoms with Crippen molar-refractivity contribution in [2.45, 2.75) is 32.5 Å². The van der Waals surface area contributed by atoms with E-state index in [1.165, 1.54) is 0 Å². The maximum absolute atomic E-state index is 5.88. The molecule has 3 heteroatoms. The first-order valence-electron chi connectivity index (χ1n) is 5.18. The molecule has 1 rings (SSSR count). The fraction of sp³-hybridized carbons (Fsp3) is 0.500. The average Bonchev–Trinajstić information content (AvgIpc) is 2.26. The molecule has 1 unspecified atom stereocenters. The topological polar surface area (TPSA) is 35.2 Å². The van der Waals surface area contributed by atoms with E-state index in [2.05, 4.69) is 6.92 Å². The van der Waals surface area contributed by atoms with Crippen LogP contribution in [0.5, 0.6) is 0 Å². The number of nitrogens with two attached hydrogens (primary N) is 1. The van der Waals surface area contributed by atoms with E-state index in [9.17, 15) is 0 Å². The lowest BCUT2D eigenvalue weighted by atomic mass is 10.0. The Morgan fingerprint density at radius 2 is 2.20 bits per heavy atom. The Hall–Kier alpha value is -0.570. The molecule has 0 aliphatic heterocycles. The van der Waals surface area contributed by atoms with Crippen molar-refractivity contribution in [2.75, 3.05) is 6.54 Å². The van der Waals surface area contributed by atoms with E-state index in [1.807, 2.05) is 31.2 Å². The zero-order chi connectivity index (χ0) is 11.3. The zero-order valence-corrected chi connectivity index (χ0v) is 10.1. The van der Waals surface area contributed by atoms with Gasteiger partial charge in [-0.1, -0.05) is 30.7 Å². The molecule has 84 valence electrons. The van der Waals surface area contributed by atoms with Gasteiger partial charge in [0.2, 0.25) is 0 Å². The first kappa shape index (κ1) is 12.5. The van der Waals surface area contributed by atoms with Gasteiger partial charge in [0.15, 0.2) is 0 Å². The molecule has 2 nitrogen and oxygen atoms in total. The molecule has 0 spiro atoms. The summed E-state index contributed by atoms with van der Waals surface area (Å²) in [7, 11) is 0. The van der Waals surface area contributed by atoms with Gasteiger partial charge in [-0.15, -0.1) is 0 Å². The van der Waals surface area contributed by atoms with E-state index >= 15 is 0 Å². The van der Waals surface area contributed by atoms with E-state index in [0.29, 0.717) is 13.2 Å². The summed E-state index contributed by atoms with van der Waals surface area (Å²) in [6, 6.07) is 7.69. The number of benzene rings is 1. The van der Waals surface area contributed by atoms with E-state index in [-0.39, 0.29) is 5.60 Å². The van der Waals surface area contributed by atoms with Gasteiger partial charge in [0.1, 0.15) is 0 Å². The van der Waals surface area contributed by atoms with E-state index in [4.69, 9.17) is 22.1 Å². The van der Waals surface area contributed by atoms with Crippen LogP contribution in [0.15, 0.2) is 24.3 Å². The highest BCUT2D eigenvalue weighted by atomic mass is 35.5. The van der Waals surface area contributed by atoms with Crippen molar-refractivity contribution in [1.29, 1.82) is 0 Å². The highest BCUT2D eigenvalue weighted by molar-refractivity contribution is 6.30. The van der Waals surface area contributed by atoms with Crippen LogP contribution >= 0.6 is 11.6 Å². The Labute approximate surface area is 96.4 Å². The predicted octanol–water partition coefficient (Wildman–Crippen LogP) is 2.98. The summed E-state index contributed by atoms with van der Waals surface area (Å²) < 4.78 is 5.79. The van der Waals surface area contributed by atoms with Gasteiger partial charge in [0.25, 0.3) is 0 Å². The van der Waals surface area contributed by atoms with Gasteiger partial charge >= 0.3 is 0 Å². The molecule has 15 heavy (non-hydrogen) atoms. The first-order chi connectivity index (χ1) is 7.09. The first-order valence-corrected chi connectivity index (χ1v) is 5.56. The molecule has 0 aromatic heterocycles. The molecule has 0 saturated carbocycles. The van der Waals surface area contributed by atoms with Crippen molar-refractivity contribution in [3.63, 3.8) is 0 Å². The van der Waals surface area contributed by atoms with Crippen LogP contribution in [0.3, 0.4) is 0 Å². The highest BCUT2D eigenvalue weighted by Gasteiger charge is 2.20. The third kappa shape index (κ3) is 3.82. The molecule has 2 N–H and O–H groups in total. The predicted molar refractivity (Wildman–Crippen MR) is 64.0 cm³/mol. The quantitative estimate of drug-likeness (QED) is 0.840. The van der Waals surface area contributed by atoms with Crippen LogP contribution in [0.1, 0.15) is 25.8 Å². The Morgan fingerprint density at radius 3 is 2.73 bits per heavy atom. The fourth-order valence-corrected chi connectivity index (χ4v) is 1.40. The average molecular weight is 228 g/mol. The maximum atomic E-state index is 5.88. The third-order valence-corrected chi connectivity index (χ3v) is 2.89. The molecule has 0 amide bonds. The minimum Gasteiger partial charge on any atom is -0.369 e. The highest BCUT2D eigenvalue weighted by Crippen LogP contribution is 2.17. The second-order valence-corrected chi connectivity index (χ2v) is 4.36. The molecule has 1 aromatic rings. The third-order valence-electron chi connectivity index (χ3n) is 2.66. The lowest BCUT2D eigenvalue weighted by molar-refractivity contribution is -0.0387. The molecule has 1 atom stereocenters. The SMILES string of the molecule is CCC(C)(CN)OCc1cccc(Cl)c1. The van der Waals surface area contributed by atoms with Crippen molar-refractivity contribution in [1.82, 2.24) is 0 Å². The standard InChI is InChI=1S/C12H18ClNO/c1-3-12(2,9-14)15-8-10-5-4-6-11(13)7-10/h4-7H,3,8-9,14H2,1-2H3. The summed E-state index contributed by atoms with van der Waals surface area (Å²) in [5.41, 5.74) is 6.51. The molecule has 0 radical (unpaired) electrons. The molecule has 1 aromatic carbocycles. The molecule has 0 bridgehead atoms. The smallest absolute Gasteiger partial charge is 0.0778 e. The minimum atomic E-state index is -0.234. The van der Waals surface area contributed by atoms with Gasteiger partial charge < -0.3 is 10.5 Å². The molecule has 0 heterocycles. The molecule has 0 fully saturated rings. The second-order valence-electron chi connectivity index (χ2n) is 3.93. The number of hydrogen-bond donors (Lipinski definition) is 1. The van der Waals surface area contributed by atoms with Crippen LogP contribution < -0.4 is 5.73 Å². The summed E-state index contributed by atoms with van der Waals surface area (Å²) >= 11 is 5.88. The van der Waals surface area contributed by atoms with Crippen LogP contribution in [0.2, 0.25) is 5.02 Å². The van der Waals surface area contributed by atoms with Gasteiger partial charge in [-0.25, -0.2) is 0 Å². The second kappa shape index (κ2) is 5.50. The van der Waals surface area contributed by atoms with Crippen molar-refractivity contribution >= 4 is 11.6 Å². The fourth-order valence-electron chi connectivity index (χ4n) is 1.19. The van der Waals surface area contributed by atoms with Crippen LogP contribution in [0, 0.1) is 0 Å². The maximum Gasteiger partial charge on any atom is 0.0778 e. The van der Waals surface area contributed by atoms with Gasteiger partial charge in [0.05, 0.1) is 12.2 Å². The molecular formula is C12H18ClNO. The molecular weight excluding hydrogens is 210 g/mol. The van der Waals surface area contributed by atoms with Gasteiger partial charge in [-0.3, -0.25) is 0 Å². The largest absolute Gasteiger partial charge is 0.369 e. The number of ether oxygens (including phenoxy) is 1. The summed E-state index contributed by atoms with van der Waals surface area (Å²) in [5, 5.41) is 0.738. The van der Waals surface area contributed by atoms with Gasteiger partial charge in [-0.2, -0.15) is 0 Å². The number of hydrogen-bond acceptors (Lipinski definition) is 2. The Balaban J connectivity index is 2.56. The van der Waals surface area contributed by atoms with E-state index < -0.39 is 0 Å². The summed E-state index contributed by atoms with van der Waals surface area (Å²) in [5.74, 6) is 0. The summed E-state index contributed by atoms with van der Waals surface area (Å²) in [4.78, 5) is 0. The van der Waals surface area contributed by atoms with Crippen molar-refractivity contribution < 1.29 is 4.74 Å². The number of halogens is 1. The van der Waals surface area contributed by atoms with Crippen LogP contribution in [0.25, 0.3) is 0 Å². The Bertz CT molecular complexity index is 310. The monoisotopic (exact) mass is 227 g/mol. The Kier molecular flexibility index (Phi) is 4.58. The summed E-state index contributed by atoms with van der Waals surface area (Å²) in [6.07, 6.45) is 0.907. The van der Waals surface area contributed by atoms with Gasteiger partial charge in [0, 0.05) is 11.6 Å². The van der Waals surface area contributed by atoms with E-state index in [0.717, 1.165) is 17.0 Å². The van der Waals surface area contributed by atoms with Crippen molar-refractivity contribution in [3.05, 3.63) is 34.9 Å². The lowest BCUT2D eigenvalue weighted by Crippen LogP contribution is -2.36. The zero-order valence-electron chi connectivity index (χ0n) is 9.29.